The number of methoxy groups -OCH3 is 1. The number of thiophene rings is 1. The Morgan fingerprint density at radius 1 is 1.12 bits per heavy atom. The summed E-state index contributed by atoms with van der Waals surface area (Å²) in [7, 11) is 1.36. The summed E-state index contributed by atoms with van der Waals surface area (Å²) in [5.74, 6) is -0.338. The zero-order valence-corrected chi connectivity index (χ0v) is 15.6. The molecule has 1 aromatic heterocycles. The Morgan fingerprint density at radius 3 is 2.46 bits per heavy atom. The molecule has 2 aromatic rings. The Morgan fingerprint density at radius 2 is 1.85 bits per heavy atom. The molecule has 6 heteroatoms. The predicted octanol–water partition coefficient (Wildman–Crippen LogP) is 2.89. The average molecular weight is 370 g/mol. The number of piperazine rings is 1. The summed E-state index contributed by atoms with van der Waals surface area (Å²) in [6, 6.07) is 11.2. The molecule has 26 heavy (non-hydrogen) atoms. The van der Waals surface area contributed by atoms with Crippen LogP contribution < -0.4 is 0 Å². The van der Waals surface area contributed by atoms with Crippen molar-refractivity contribution in [2.24, 2.45) is 0 Å². The van der Waals surface area contributed by atoms with Gasteiger partial charge in [-0.15, -0.1) is 11.3 Å². The quantitative estimate of drug-likeness (QED) is 0.600. The minimum absolute atomic E-state index is 0.0258. The first-order valence-electron chi connectivity index (χ1n) is 8.56. The highest BCUT2D eigenvalue weighted by Gasteiger charge is 2.19. The molecule has 1 aliphatic heterocycles. The van der Waals surface area contributed by atoms with Gasteiger partial charge in [0.25, 0.3) is 0 Å². The molecule has 0 N–H and O–H groups in total. The first kappa shape index (κ1) is 18.4. The summed E-state index contributed by atoms with van der Waals surface area (Å²) in [4.78, 5) is 29.4. The van der Waals surface area contributed by atoms with Crippen molar-refractivity contribution in [3.63, 3.8) is 0 Å². The van der Waals surface area contributed by atoms with Gasteiger partial charge in [-0.1, -0.05) is 18.2 Å². The van der Waals surface area contributed by atoms with Crippen molar-refractivity contribution in [2.75, 3.05) is 33.3 Å². The number of hydrogen-bond donors (Lipinski definition) is 0. The minimum atomic E-state index is -0.364. The van der Waals surface area contributed by atoms with Crippen molar-refractivity contribution in [3.8, 4) is 0 Å². The smallest absolute Gasteiger partial charge is 0.337 e. The number of esters is 1. The number of rotatable bonds is 5. The van der Waals surface area contributed by atoms with Crippen molar-refractivity contribution in [3.05, 3.63) is 63.9 Å². The molecule has 0 aliphatic carbocycles. The van der Waals surface area contributed by atoms with E-state index in [1.54, 1.807) is 47.8 Å². The number of carbonyl (C=O) groups is 2. The van der Waals surface area contributed by atoms with Gasteiger partial charge in [-0.3, -0.25) is 9.69 Å². The molecule has 1 fully saturated rings. The SMILES string of the molecule is COC(=O)c1ccc(/C=C/C(=O)N2CCN(Cc3cccs3)CC2)cc1. The van der Waals surface area contributed by atoms with E-state index in [0.717, 1.165) is 38.3 Å². The molecular weight excluding hydrogens is 348 g/mol. The summed E-state index contributed by atoms with van der Waals surface area (Å²) < 4.78 is 4.67. The maximum Gasteiger partial charge on any atom is 0.337 e. The predicted molar refractivity (Wildman–Crippen MR) is 103 cm³/mol. The molecule has 1 saturated heterocycles. The van der Waals surface area contributed by atoms with E-state index >= 15 is 0 Å². The zero-order valence-electron chi connectivity index (χ0n) is 14.8. The van der Waals surface area contributed by atoms with Crippen molar-refractivity contribution < 1.29 is 14.3 Å². The third-order valence-corrected chi connectivity index (χ3v) is 5.25. The number of amides is 1. The molecule has 0 bridgehead atoms. The zero-order chi connectivity index (χ0) is 18.4. The van der Waals surface area contributed by atoms with Gasteiger partial charge in [-0.25, -0.2) is 4.79 Å². The topological polar surface area (TPSA) is 49.9 Å². The lowest BCUT2D eigenvalue weighted by Gasteiger charge is -2.33. The van der Waals surface area contributed by atoms with Crippen molar-refractivity contribution in [1.82, 2.24) is 9.80 Å². The molecule has 0 spiro atoms. The van der Waals surface area contributed by atoms with Crippen LogP contribution in [0.1, 0.15) is 20.8 Å². The van der Waals surface area contributed by atoms with Crippen LogP contribution in [0.15, 0.2) is 47.9 Å². The highest BCUT2D eigenvalue weighted by Crippen LogP contribution is 2.14. The minimum Gasteiger partial charge on any atom is -0.465 e. The molecule has 1 aliphatic rings. The molecule has 136 valence electrons. The lowest BCUT2D eigenvalue weighted by Crippen LogP contribution is -2.47. The van der Waals surface area contributed by atoms with E-state index in [1.165, 1.54) is 12.0 Å². The number of ether oxygens (including phenoxy) is 1. The first-order valence-corrected chi connectivity index (χ1v) is 9.44. The first-order chi connectivity index (χ1) is 12.7. The van der Waals surface area contributed by atoms with Crippen LogP contribution in [0.4, 0.5) is 0 Å². The molecule has 1 aromatic carbocycles. The van der Waals surface area contributed by atoms with Gasteiger partial charge in [0.05, 0.1) is 12.7 Å². The van der Waals surface area contributed by atoms with Crippen LogP contribution in [0.5, 0.6) is 0 Å². The fourth-order valence-electron chi connectivity index (χ4n) is 2.87. The van der Waals surface area contributed by atoms with Gasteiger partial charge in [0, 0.05) is 43.7 Å². The van der Waals surface area contributed by atoms with E-state index in [4.69, 9.17) is 0 Å². The second kappa shape index (κ2) is 8.78. The Balaban J connectivity index is 1.49. The van der Waals surface area contributed by atoms with Gasteiger partial charge in [0.2, 0.25) is 5.91 Å². The summed E-state index contributed by atoms with van der Waals surface area (Å²) in [6.45, 7) is 4.24. The summed E-state index contributed by atoms with van der Waals surface area (Å²) in [5.41, 5.74) is 1.38. The second-order valence-electron chi connectivity index (χ2n) is 6.13. The van der Waals surface area contributed by atoms with E-state index in [1.807, 2.05) is 4.90 Å². The van der Waals surface area contributed by atoms with Crippen LogP contribution >= 0.6 is 11.3 Å². The lowest BCUT2D eigenvalue weighted by molar-refractivity contribution is -0.127. The molecule has 0 unspecified atom stereocenters. The number of carbonyl (C=O) groups excluding carboxylic acids is 2. The molecule has 0 radical (unpaired) electrons. The van der Waals surface area contributed by atoms with E-state index in [0.29, 0.717) is 5.56 Å². The van der Waals surface area contributed by atoms with E-state index < -0.39 is 0 Å². The third-order valence-electron chi connectivity index (χ3n) is 4.39. The monoisotopic (exact) mass is 370 g/mol. The molecule has 0 atom stereocenters. The Bertz CT molecular complexity index is 761. The van der Waals surface area contributed by atoms with Gasteiger partial charge < -0.3 is 9.64 Å². The van der Waals surface area contributed by atoms with E-state index in [-0.39, 0.29) is 11.9 Å². The Labute approximate surface area is 157 Å². The van der Waals surface area contributed by atoms with Crippen LogP contribution in [-0.2, 0) is 16.1 Å². The number of nitrogens with zero attached hydrogens (tertiary/aromatic N) is 2. The summed E-state index contributed by atoms with van der Waals surface area (Å²) >= 11 is 1.77. The van der Waals surface area contributed by atoms with Crippen LogP contribution in [0.3, 0.4) is 0 Å². The van der Waals surface area contributed by atoms with Crippen molar-refractivity contribution >= 4 is 29.3 Å². The van der Waals surface area contributed by atoms with Gasteiger partial charge in [0.15, 0.2) is 0 Å². The Kier molecular flexibility index (Phi) is 6.20. The molecular formula is C20H22N2O3S. The molecule has 5 nitrogen and oxygen atoms in total. The molecule has 2 heterocycles. The molecule has 1 amide bonds. The number of hydrogen-bond acceptors (Lipinski definition) is 5. The fraction of sp³-hybridized carbons (Fsp3) is 0.300. The van der Waals surface area contributed by atoms with Crippen LogP contribution in [0, 0.1) is 0 Å². The van der Waals surface area contributed by atoms with Gasteiger partial charge in [0.1, 0.15) is 0 Å². The van der Waals surface area contributed by atoms with Gasteiger partial charge in [-0.05, 0) is 35.2 Å². The maximum absolute atomic E-state index is 12.4. The lowest BCUT2D eigenvalue weighted by atomic mass is 10.1. The largest absolute Gasteiger partial charge is 0.465 e. The number of benzene rings is 1. The van der Waals surface area contributed by atoms with Crippen LogP contribution in [-0.4, -0.2) is 55.0 Å². The van der Waals surface area contributed by atoms with E-state index in [9.17, 15) is 9.59 Å². The highest BCUT2D eigenvalue weighted by molar-refractivity contribution is 7.09. The second-order valence-corrected chi connectivity index (χ2v) is 7.16. The summed E-state index contributed by atoms with van der Waals surface area (Å²) in [6.07, 6.45) is 3.38. The maximum atomic E-state index is 12.4. The van der Waals surface area contributed by atoms with Crippen molar-refractivity contribution in [2.45, 2.75) is 6.54 Å². The van der Waals surface area contributed by atoms with Gasteiger partial charge >= 0.3 is 5.97 Å². The summed E-state index contributed by atoms with van der Waals surface area (Å²) in [5, 5.41) is 2.09. The standard InChI is InChI=1S/C20H22N2O3S/c1-25-20(24)17-7-4-16(5-8-17)6-9-19(23)22-12-10-21(11-13-22)15-18-3-2-14-26-18/h2-9,14H,10-13,15H2,1H3/b9-6+. The van der Waals surface area contributed by atoms with E-state index in [2.05, 4.69) is 27.1 Å². The Hall–Kier alpha value is -2.44. The normalized spacial score (nSPS) is 15.3. The molecule has 3 rings (SSSR count). The fourth-order valence-corrected chi connectivity index (χ4v) is 3.62. The average Bonchev–Trinajstić information content (AvgIpc) is 3.19. The van der Waals surface area contributed by atoms with Crippen molar-refractivity contribution in [1.29, 1.82) is 0 Å². The van der Waals surface area contributed by atoms with Gasteiger partial charge in [-0.2, -0.15) is 0 Å². The van der Waals surface area contributed by atoms with Crippen LogP contribution in [0.2, 0.25) is 0 Å². The van der Waals surface area contributed by atoms with Crippen LogP contribution in [0.25, 0.3) is 6.08 Å². The molecule has 0 saturated carbocycles. The highest BCUT2D eigenvalue weighted by atomic mass is 32.1. The third kappa shape index (κ3) is 4.80.